The zero-order valence-corrected chi connectivity index (χ0v) is 18.3. The van der Waals surface area contributed by atoms with E-state index in [1.54, 1.807) is 29.3 Å². The summed E-state index contributed by atoms with van der Waals surface area (Å²) in [7, 11) is 0. The monoisotopic (exact) mass is 453 g/mol. The third-order valence-corrected chi connectivity index (χ3v) is 5.54. The van der Waals surface area contributed by atoms with Crippen molar-refractivity contribution < 1.29 is 4.39 Å². The first kappa shape index (κ1) is 20.4. The Balaban J connectivity index is 1.44. The van der Waals surface area contributed by atoms with Crippen molar-refractivity contribution in [3.05, 3.63) is 65.5 Å². The van der Waals surface area contributed by atoms with Gasteiger partial charge >= 0.3 is 0 Å². The van der Waals surface area contributed by atoms with Crippen LogP contribution in [0.1, 0.15) is 38.4 Å². The van der Waals surface area contributed by atoms with Gasteiger partial charge in [0.25, 0.3) is 0 Å². The van der Waals surface area contributed by atoms with Crippen molar-refractivity contribution in [2.75, 3.05) is 10.6 Å². The molecule has 164 valence electrons. The number of nitrogens with zero attached hydrogens (tertiary/aromatic N) is 7. The van der Waals surface area contributed by atoms with Gasteiger partial charge in [-0.05, 0) is 51.0 Å². The Hall–Kier alpha value is -3.53. The molecule has 0 amide bonds. The van der Waals surface area contributed by atoms with Gasteiger partial charge < -0.3 is 10.6 Å². The molecule has 0 spiro atoms. The summed E-state index contributed by atoms with van der Waals surface area (Å²) in [6.07, 6.45) is 6.94. The molecule has 0 unspecified atom stereocenters. The minimum absolute atomic E-state index is 0.316. The predicted molar refractivity (Wildman–Crippen MR) is 119 cm³/mol. The second-order valence-electron chi connectivity index (χ2n) is 8.12. The summed E-state index contributed by atoms with van der Waals surface area (Å²) < 4.78 is 15.2. The van der Waals surface area contributed by atoms with E-state index in [4.69, 9.17) is 16.7 Å². The Morgan fingerprint density at radius 3 is 2.50 bits per heavy atom. The molecule has 32 heavy (non-hydrogen) atoms. The van der Waals surface area contributed by atoms with Gasteiger partial charge in [-0.3, -0.25) is 0 Å². The standard InChI is InChI=1S/C21H21ClFN9/c1-21(2,32-25-9-10-26-32)17-11-18(31(30-17)15-7-8-15)28-20-24-12-16(22)19(29-20)27-14-5-3-13(23)4-6-14/h3-6,9-12,15H,7-8H2,1-2H3,(H2,24,27,28,29). The Morgan fingerprint density at radius 1 is 1.09 bits per heavy atom. The summed E-state index contributed by atoms with van der Waals surface area (Å²) >= 11 is 6.27. The molecule has 1 aliphatic rings. The van der Waals surface area contributed by atoms with Crippen LogP contribution in [0.5, 0.6) is 0 Å². The number of benzene rings is 1. The van der Waals surface area contributed by atoms with E-state index in [0.29, 0.717) is 28.5 Å². The molecular weight excluding hydrogens is 433 g/mol. The van der Waals surface area contributed by atoms with Gasteiger partial charge in [-0.1, -0.05) is 11.6 Å². The molecule has 4 aromatic rings. The van der Waals surface area contributed by atoms with Gasteiger partial charge in [-0.2, -0.15) is 25.1 Å². The Morgan fingerprint density at radius 2 is 1.81 bits per heavy atom. The molecule has 1 saturated carbocycles. The van der Waals surface area contributed by atoms with Crippen molar-refractivity contribution >= 4 is 34.9 Å². The summed E-state index contributed by atoms with van der Waals surface area (Å²) in [5.41, 5.74) is 0.953. The molecule has 0 aliphatic heterocycles. The van der Waals surface area contributed by atoms with E-state index >= 15 is 0 Å². The Bertz CT molecular complexity index is 1230. The zero-order valence-electron chi connectivity index (χ0n) is 17.5. The van der Waals surface area contributed by atoms with Crippen LogP contribution in [0.25, 0.3) is 0 Å². The largest absolute Gasteiger partial charge is 0.339 e. The lowest BCUT2D eigenvalue weighted by Crippen LogP contribution is -2.30. The molecule has 0 radical (unpaired) electrons. The van der Waals surface area contributed by atoms with E-state index < -0.39 is 5.54 Å². The maximum atomic E-state index is 13.2. The van der Waals surface area contributed by atoms with Crippen molar-refractivity contribution in [1.29, 1.82) is 0 Å². The molecule has 1 aromatic carbocycles. The number of aromatic nitrogens is 7. The second kappa shape index (κ2) is 7.86. The van der Waals surface area contributed by atoms with Crippen molar-refractivity contribution in [3.8, 4) is 0 Å². The lowest BCUT2D eigenvalue weighted by molar-refractivity contribution is 0.331. The van der Waals surface area contributed by atoms with Crippen LogP contribution in [0.2, 0.25) is 5.02 Å². The van der Waals surface area contributed by atoms with Crippen LogP contribution >= 0.6 is 11.6 Å². The molecule has 5 rings (SSSR count). The summed E-state index contributed by atoms with van der Waals surface area (Å²) in [5.74, 6) is 1.23. The maximum Gasteiger partial charge on any atom is 0.230 e. The Kier molecular flexibility index (Phi) is 5.01. The first-order chi connectivity index (χ1) is 15.4. The van der Waals surface area contributed by atoms with Crippen LogP contribution in [0, 0.1) is 5.82 Å². The van der Waals surface area contributed by atoms with Crippen LogP contribution in [0.3, 0.4) is 0 Å². The van der Waals surface area contributed by atoms with Crippen LogP contribution < -0.4 is 10.6 Å². The van der Waals surface area contributed by atoms with Crippen molar-refractivity contribution in [2.24, 2.45) is 0 Å². The number of hydrogen-bond acceptors (Lipinski definition) is 7. The molecule has 11 heteroatoms. The van der Waals surface area contributed by atoms with Gasteiger partial charge in [-0.25, -0.2) is 14.1 Å². The highest BCUT2D eigenvalue weighted by molar-refractivity contribution is 6.32. The van der Waals surface area contributed by atoms with Crippen LogP contribution in [0.15, 0.2) is 48.9 Å². The average Bonchev–Trinajstić information content (AvgIpc) is 3.28. The molecule has 3 heterocycles. The van der Waals surface area contributed by atoms with E-state index in [1.807, 2.05) is 24.6 Å². The van der Waals surface area contributed by atoms with E-state index in [2.05, 4.69) is 30.8 Å². The lowest BCUT2D eigenvalue weighted by Gasteiger charge is -2.20. The summed E-state index contributed by atoms with van der Waals surface area (Å²) in [6, 6.07) is 8.25. The third kappa shape index (κ3) is 4.01. The van der Waals surface area contributed by atoms with E-state index in [9.17, 15) is 4.39 Å². The fourth-order valence-corrected chi connectivity index (χ4v) is 3.43. The van der Waals surface area contributed by atoms with Gasteiger partial charge in [-0.15, -0.1) is 0 Å². The molecule has 2 N–H and O–H groups in total. The fourth-order valence-electron chi connectivity index (χ4n) is 3.29. The molecule has 0 saturated heterocycles. The zero-order chi connectivity index (χ0) is 22.3. The van der Waals surface area contributed by atoms with E-state index in [0.717, 1.165) is 24.4 Å². The third-order valence-electron chi connectivity index (χ3n) is 5.26. The number of rotatable bonds is 7. The van der Waals surface area contributed by atoms with E-state index in [1.165, 1.54) is 18.3 Å². The van der Waals surface area contributed by atoms with Crippen LogP contribution in [-0.4, -0.2) is 34.7 Å². The second-order valence-corrected chi connectivity index (χ2v) is 8.52. The maximum absolute atomic E-state index is 13.2. The summed E-state index contributed by atoms with van der Waals surface area (Å²) in [4.78, 5) is 10.4. The number of anilines is 4. The SMILES string of the molecule is CC(C)(c1cc(Nc2ncc(Cl)c(Nc3ccc(F)cc3)n2)n(C2CC2)n1)n1nccn1. The summed E-state index contributed by atoms with van der Waals surface area (Å²) in [6.45, 7) is 4.03. The number of nitrogens with one attached hydrogen (secondary N) is 2. The topological polar surface area (TPSA) is 98.4 Å². The molecular formula is C21H21ClFN9. The smallest absolute Gasteiger partial charge is 0.230 e. The van der Waals surface area contributed by atoms with Gasteiger partial charge in [0.1, 0.15) is 22.2 Å². The van der Waals surface area contributed by atoms with Gasteiger partial charge in [0, 0.05) is 11.8 Å². The molecule has 3 aromatic heterocycles. The minimum atomic E-state index is -0.532. The molecule has 9 nitrogen and oxygen atoms in total. The van der Waals surface area contributed by atoms with Crippen molar-refractivity contribution in [2.45, 2.75) is 38.3 Å². The Labute approximate surface area is 188 Å². The van der Waals surface area contributed by atoms with Crippen LogP contribution in [-0.2, 0) is 5.54 Å². The number of hydrogen-bond donors (Lipinski definition) is 2. The van der Waals surface area contributed by atoms with Gasteiger partial charge in [0.15, 0.2) is 5.82 Å². The minimum Gasteiger partial charge on any atom is -0.339 e. The fraction of sp³-hybridized carbons (Fsp3) is 0.286. The van der Waals surface area contributed by atoms with Gasteiger partial charge in [0.2, 0.25) is 5.95 Å². The van der Waals surface area contributed by atoms with Crippen molar-refractivity contribution in [1.82, 2.24) is 34.7 Å². The quantitative estimate of drug-likeness (QED) is 0.419. The predicted octanol–water partition coefficient (Wildman–Crippen LogP) is 4.66. The average molecular weight is 454 g/mol. The molecule has 0 bridgehead atoms. The van der Waals surface area contributed by atoms with Gasteiger partial charge in [0.05, 0.1) is 30.3 Å². The highest BCUT2D eigenvalue weighted by atomic mass is 35.5. The highest BCUT2D eigenvalue weighted by Crippen LogP contribution is 2.39. The van der Waals surface area contributed by atoms with E-state index in [-0.39, 0.29) is 5.82 Å². The first-order valence-corrected chi connectivity index (χ1v) is 10.6. The molecule has 1 aliphatic carbocycles. The lowest BCUT2D eigenvalue weighted by atomic mass is 10.0. The normalized spacial score (nSPS) is 13.9. The first-order valence-electron chi connectivity index (χ1n) is 10.2. The highest BCUT2D eigenvalue weighted by Gasteiger charge is 2.33. The molecule has 1 fully saturated rings. The van der Waals surface area contributed by atoms with Crippen molar-refractivity contribution in [3.63, 3.8) is 0 Å². The van der Waals surface area contributed by atoms with Crippen LogP contribution in [0.4, 0.5) is 27.7 Å². The number of halogens is 2. The summed E-state index contributed by atoms with van der Waals surface area (Å²) in [5, 5.41) is 20.1. The molecule has 0 atom stereocenters.